The predicted molar refractivity (Wildman–Crippen MR) is 80.7 cm³/mol. The fraction of sp³-hybridized carbons (Fsp3) is 0.529. The number of methoxy groups -OCH3 is 1. The van der Waals surface area contributed by atoms with E-state index in [0.29, 0.717) is 12.8 Å². The largest absolute Gasteiger partial charge is 0.497 e. The highest BCUT2D eigenvalue weighted by molar-refractivity contribution is 5.86. The van der Waals surface area contributed by atoms with Crippen molar-refractivity contribution in [3.8, 4) is 11.8 Å². The van der Waals surface area contributed by atoms with Crippen LogP contribution in [0.4, 0.5) is 0 Å². The Labute approximate surface area is 126 Å². The molecule has 1 fully saturated rings. The number of ether oxygens (including phenoxy) is 1. The van der Waals surface area contributed by atoms with E-state index in [2.05, 4.69) is 11.4 Å². The van der Waals surface area contributed by atoms with E-state index in [1.165, 1.54) is 0 Å². The van der Waals surface area contributed by atoms with Crippen LogP contribution in [0.25, 0.3) is 0 Å². The number of rotatable bonds is 5. The summed E-state index contributed by atoms with van der Waals surface area (Å²) in [5.74, 6) is 0.675. The molecule has 0 radical (unpaired) electrons. The van der Waals surface area contributed by atoms with Crippen molar-refractivity contribution in [3.63, 3.8) is 0 Å². The third-order valence-electron chi connectivity index (χ3n) is 4.34. The molecular weight excluding hydrogens is 264 g/mol. The normalized spacial score (nSPS) is 17.8. The Bertz CT molecular complexity index is 525. The quantitative estimate of drug-likeness (QED) is 0.903. The van der Waals surface area contributed by atoms with E-state index in [1.807, 2.05) is 31.2 Å². The van der Waals surface area contributed by atoms with E-state index in [1.54, 1.807) is 7.11 Å². The lowest BCUT2D eigenvalue weighted by Gasteiger charge is -2.24. The van der Waals surface area contributed by atoms with Crippen molar-refractivity contribution in [2.75, 3.05) is 7.11 Å². The summed E-state index contributed by atoms with van der Waals surface area (Å²) >= 11 is 0. The Hall–Kier alpha value is -2.02. The van der Waals surface area contributed by atoms with Gasteiger partial charge in [-0.15, -0.1) is 0 Å². The number of hydrogen-bond donors (Lipinski definition) is 1. The molecule has 1 N–H and O–H groups in total. The van der Waals surface area contributed by atoms with Crippen molar-refractivity contribution in [3.05, 3.63) is 29.8 Å². The Morgan fingerprint density at radius 3 is 2.48 bits per heavy atom. The summed E-state index contributed by atoms with van der Waals surface area (Å²) < 4.78 is 5.15. The highest BCUT2D eigenvalue weighted by Gasteiger charge is 2.42. The van der Waals surface area contributed by atoms with Crippen LogP contribution in [0.1, 0.15) is 50.6 Å². The minimum absolute atomic E-state index is 0.0609. The van der Waals surface area contributed by atoms with Crippen molar-refractivity contribution < 1.29 is 9.53 Å². The maximum atomic E-state index is 12.5. The van der Waals surface area contributed by atoms with Crippen LogP contribution in [0.5, 0.6) is 5.75 Å². The number of nitrogens with zero attached hydrogens (tertiary/aromatic N) is 1. The standard InChI is InChI=1S/C17H22N2O2/c1-3-15(13-6-8-14(21-2)9-7-13)19-16(20)17(12-18)10-4-5-11-17/h6-9,15H,3-5,10-11H2,1-2H3,(H,19,20). The second-order valence-electron chi connectivity index (χ2n) is 5.61. The molecule has 0 bridgehead atoms. The second-order valence-corrected chi connectivity index (χ2v) is 5.61. The van der Waals surface area contributed by atoms with E-state index in [0.717, 1.165) is 30.6 Å². The highest BCUT2D eigenvalue weighted by Crippen LogP contribution is 2.38. The van der Waals surface area contributed by atoms with Gasteiger partial charge in [0, 0.05) is 0 Å². The number of benzene rings is 1. The lowest BCUT2D eigenvalue weighted by molar-refractivity contribution is -0.128. The van der Waals surface area contributed by atoms with Gasteiger partial charge in [-0.25, -0.2) is 0 Å². The van der Waals surface area contributed by atoms with Gasteiger partial charge >= 0.3 is 0 Å². The summed E-state index contributed by atoms with van der Waals surface area (Å²) in [6.07, 6.45) is 4.06. The van der Waals surface area contributed by atoms with Gasteiger partial charge in [0.1, 0.15) is 11.2 Å². The molecule has 1 amide bonds. The summed E-state index contributed by atoms with van der Waals surface area (Å²) in [6.45, 7) is 2.03. The van der Waals surface area contributed by atoms with Crippen LogP contribution in [0.2, 0.25) is 0 Å². The highest BCUT2D eigenvalue weighted by atomic mass is 16.5. The zero-order chi connectivity index (χ0) is 15.3. The summed E-state index contributed by atoms with van der Waals surface area (Å²) in [6, 6.07) is 9.88. The lowest BCUT2D eigenvalue weighted by atomic mass is 9.86. The Balaban J connectivity index is 2.11. The third kappa shape index (κ3) is 3.18. The Morgan fingerprint density at radius 1 is 1.38 bits per heavy atom. The van der Waals surface area contributed by atoms with Crippen molar-refractivity contribution >= 4 is 5.91 Å². The summed E-state index contributed by atoms with van der Waals surface area (Å²) in [5.41, 5.74) is 0.220. The van der Waals surface area contributed by atoms with E-state index in [-0.39, 0.29) is 11.9 Å². The molecule has 1 aromatic rings. The molecule has 1 aliphatic rings. The molecule has 112 valence electrons. The van der Waals surface area contributed by atoms with Gasteiger partial charge in [-0.2, -0.15) is 5.26 Å². The first-order chi connectivity index (χ1) is 10.1. The number of nitriles is 1. The smallest absolute Gasteiger partial charge is 0.240 e. The van der Waals surface area contributed by atoms with Gasteiger partial charge in [-0.1, -0.05) is 31.9 Å². The molecule has 4 heteroatoms. The molecule has 0 saturated heterocycles. The molecule has 1 aromatic carbocycles. The average Bonchev–Trinajstić information content (AvgIpc) is 3.03. The molecule has 1 atom stereocenters. The first-order valence-electron chi connectivity index (χ1n) is 7.51. The fourth-order valence-electron chi connectivity index (χ4n) is 2.92. The minimum Gasteiger partial charge on any atom is -0.497 e. The maximum absolute atomic E-state index is 12.5. The van der Waals surface area contributed by atoms with Crippen LogP contribution in [0.3, 0.4) is 0 Å². The van der Waals surface area contributed by atoms with Crippen LogP contribution in [0.15, 0.2) is 24.3 Å². The number of carbonyl (C=O) groups is 1. The average molecular weight is 286 g/mol. The molecule has 1 unspecified atom stereocenters. The molecule has 0 aliphatic heterocycles. The van der Waals surface area contributed by atoms with Gasteiger partial charge < -0.3 is 10.1 Å². The van der Waals surface area contributed by atoms with Crippen LogP contribution in [-0.2, 0) is 4.79 Å². The predicted octanol–water partition coefficient (Wildman–Crippen LogP) is 3.35. The van der Waals surface area contributed by atoms with Crippen LogP contribution >= 0.6 is 0 Å². The molecule has 2 rings (SSSR count). The minimum atomic E-state index is -0.820. The summed E-state index contributed by atoms with van der Waals surface area (Å²) in [4.78, 5) is 12.5. The molecule has 21 heavy (non-hydrogen) atoms. The van der Waals surface area contributed by atoms with E-state index in [4.69, 9.17) is 4.74 Å². The van der Waals surface area contributed by atoms with Gasteiger partial charge in [0.15, 0.2) is 0 Å². The van der Waals surface area contributed by atoms with Crippen LogP contribution in [-0.4, -0.2) is 13.0 Å². The van der Waals surface area contributed by atoms with Gasteiger partial charge in [0.2, 0.25) is 5.91 Å². The van der Waals surface area contributed by atoms with Crippen LogP contribution < -0.4 is 10.1 Å². The Kier molecular flexibility index (Phi) is 4.85. The van der Waals surface area contributed by atoms with Crippen molar-refractivity contribution in [1.29, 1.82) is 5.26 Å². The van der Waals surface area contributed by atoms with E-state index < -0.39 is 5.41 Å². The number of amides is 1. The zero-order valence-corrected chi connectivity index (χ0v) is 12.7. The monoisotopic (exact) mass is 286 g/mol. The van der Waals surface area contributed by atoms with Gasteiger partial charge in [-0.05, 0) is 37.0 Å². The molecular formula is C17H22N2O2. The first-order valence-corrected chi connectivity index (χ1v) is 7.51. The number of hydrogen-bond acceptors (Lipinski definition) is 3. The third-order valence-corrected chi connectivity index (χ3v) is 4.34. The SMILES string of the molecule is CCC(NC(=O)C1(C#N)CCCC1)c1ccc(OC)cc1. The lowest BCUT2D eigenvalue weighted by Crippen LogP contribution is -2.40. The van der Waals surface area contributed by atoms with Gasteiger partial charge in [0.25, 0.3) is 0 Å². The topological polar surface area (TPSA) is 62.1 Å². The molecule has 4 nitrogen and oxygen atoms in total. The van der Waals surface area contributed by atoms with E-state index >= 15 is 0 Å². The Morgan fingerprint density at radius 2 is 2.00 bits per heavy atom. The van der Waals surface area contributed by atoms with Crippen molar-refractivity contribution in [2.45, 2.75) is 45.1 Å². The number of carbonyl (C=O) groups excluding carboxylic acids is 1. The van der Waals surface area contributed by atoms with Crippen molar-refractivity contribution in [1.82, 2.24) is 5.32 Å². The molecule has 1 aliphatic carbocycles. The van der Waals surface area contributed by atoms with Gasteiger partial charge in [0.05, 0.1) is 19.2 Å². The van der Waals surface area contributed by atoms with Crippen molar-refractivity contribution in [2.24, 2.45) is 5.41 Å². The molecule has 0 heterocycles. The fourth-order valence-corrected chi connectivity index (χ4v) is 2.92. The first kappa shape index (κ1) is 15.4. The zero-order valence-electron chi connectivity index (χ0n) is 12.7. The van der Waals surface area contributed by atoms with E-state index in [9.17, 15) is 10.1 Å². The molecule has 0 spiro atoms. The maximum Gasteiger partial charge on any atom is 0.240 e. The number of nitrogens with one attached hydrogen (secondary N) is 1. The van der Waals surface area contributed by atoms with Gasteiger partial charge in [-0.3, -0.25) is 4.79 Å². The summed E-state index contributed by atoms with van der Waals surface area (Å²) in [5, 5.41) is 12.4. The molecule has 0 aromatic heterocycles. The second kappa shape index (κ2) is 6.62. The molecule has 1 saturated carbocycles. The van der Waals surface area contributed by atoms with Crippen LogP contribution in [0, 0.1) is 16.7 Å². The summed E-state index contributed by atoms with van der Waals surface area (Å²) in [7, 11) is 1.63.